The molecule has 0 fully saturated rings. The van der Waals surface area contributed by atoms with Gasteiger partial charge in [-0.1, -0.05) is 18.2 Å². The molecule has 1 unspecified atom stereocenters. The molecule has 3 heteroatoms. The molecule has 21 heavy (non-hydrogen) atoms. The van der Waals surface area contributed by atoms with E-state index >= 15 is 0 Å². The predicted molar refractivity (Wildman–Crippen MR) is 91.4 cm³/mol. The minimum absolute atomic E-state index is 0.312. The number of aryl methyl sites for hydroxylation is 2. The Kier molecular flexibility index (Phi) is 5.71. The van der Waals surface area contributed by atoms with E-state index in [4.69, 9.17) is 4.74 Å². The molecule has 0 spiro atoms. The molecule has 0 aromatic heterocycles. The quantitative estimate of drug-likeness (QED) is 0.801. The summed E-state index contributed by atoms with van der Waals surface area (Å²) in [5, 5.41) is 3.39. The van der Waals surface area contributed by atoms with Gasteiger partial charge >= 0.3 is 0 Å². The Bertz CT molecular complexity index is 598. The number of methoxy groups -OCH3 is 1. The van der Waals surface area contributed by atoms with Crippen LogP contribution < -0.4 is 10.1 Å². The van der Waals surface area contributed by atoms with E-state index in [1.54, 1.807) is 7.11 Å². The van der Waals surface area contributed by atoms with Crippen LogP contribution in [0.25, 0.3) is 0 Å². The Morgan fingerprint density at radius 2 is 1.90 bits per heavy atom. The van der Waals surface area contributed by atoms with Crippen LogP contribution in [0.2, 0.25) is 0 Å². The van der Waals surface area contributed by atoms with Crippen LogP contribution in [0.1, 0.15) is 22.7 Å². The number of thioether (sulfide) groups is 1. The maximum absolute atomic E-state index is 5.31. The first kappa shape index (κ1) is 15.9. The molecule has 2 rings (SSSR count). The minimum atomic E-state index is 0.312. The summed E-state index contributed by atoms with van der Waals surface area (Å²) >= 11 is 1.88. The van der Waals surface area contributed by atoms with Gasteiger partial charge in [-0.3, -0.25) is 0 Å². The normalized spacial score (nSPS) is 12.2. The summed E-state index contributed by atoms with van der Waals surface area (Å²) in [7, 11) is 3.71. The van der Waals surface area contributed by atoms with E-state index in [1.165, 1.54) is 21.6 Å². The molecule has 2 nitrogen and oxygen atoms in total. The van der Waals surface area contributed by atoms with Crippen molar-refractivity contribution in [1.82, 2.24) is 5.32 Å². The van der Waals surface area contributed by atoms with Gasteiger partial charge < -0.3 is 10.1 Å². The number of nitrogens with one attached hydrogen (secondary N) is 1. The highest BCUT2D eigenvalue weighted by molar-refractivity contribution is 7.99. The SMILES string of the molecule is CNC(CSc1ccc(C)c(C)c1)c1cccc(OC)c1. The molecule has 0 saturated heterocycles. The molecule has 1 N–H and O–H groups in total. The van der Waals surface area contributed by atoms with Gasteiger partial charge in [-0.25, -0.2) is 0 Å². The Hall–Kier alpha value is -1.45. The summed E-state index contributed by atoms with van der Waals surface area (Å²) < 4.78 is 5.31. The van der Waals surface area contributed by atoms with Crippen LogP contribution in [0.3, 0.4) is 0 Å². The van der Waals surface area contributed by atoms with Gasteiger partial charge in [0.1, 0.15) is 5.75 Å². The summed E-state index contributed by atoms with van der Waals surface area (Å²) in [6.45, 7) is 4.31. The van der Waals surface area contributed by atoms with Gasteiger partial charge in [0.25, 0.3) is 0 Å². The van der Waals surface area contributed by atoms with Gasteiger partial charge in [0, 0.05) is 16.7 Å². The van der Waals surface area contributed by atoms with Gasteiger partial charge in [-0.2, -0.15) is 0 Å². The molecule has 0 radical (unpaired) electrons. The molecule has 0 aliphatic heterocycles. The lowest BCUT2D eigenvalue weighted by atomic mass is 10.1. The molecule has 0 heterocycles. The van der Waals surface area contributed by atoms with Gasteiger partial charge in [0.15, 0.2) is 0 Å². The van der Waals surface area contributed by atoms with Crippen molar-refractivity contribution in [3.05, 3.63) is 59.2 Å². The third kappa shape index (κ3) is 4.26. The molecule has 0 saturated carbocycles. The summed E-state index contributed by atoms with van der Waals surface area (Å²) in [5.41, 5.74) is 3.95. The van der Waals surface area contributed by atoms with Crippen molar-refractivity contribution in [2.45, 2.75) is 24.8 Å². The highest BCUT2D eigenvalue weighted by Crippen LogP contribution is 2.27. The second-order valence-electron chi connectivity index (χ2n) is 5.17. The third-order valence-corrected chi connectivity index (χ3v) is 4.83. The lowest BCUT2D eigenvalue weighted by Crippen LogP contribution is -2.18. The van der Waals surface area contributed by atoms with E-state index in [1.807, 2.05) is 30.9 Å². The lowest BCUT2D eigenvalue weighted by molar-refractivity contribution is 0.413. The molecule has 0 bridgehead atoms. The van der Waals surface area contributed by atoms with E-state index < -0.39 is 0 Å². The van der Waals surface area contributed by atoms with Crippen molar-refractivity contribution in [3.63, 3.8) is 0 Å². The average molecular weight is 301 g/mol. The van der Waals surface area contributed by atoms with E-state index in [2.05, 4.69) is 49.5 Å². The molecule has 2 aromatic carbocycles. The fraction of sp³-hybridized carbons (Fsp3) is 0.333. The van der Waals surface area contributed by atoms with E-state index in [0.717, 1.165) is 11.5 Å². The van der Waals surface area contributed by atoms with Crippen LogP contribution in [-0.2, 0) is 0 Å². The first-order chi connectivity index (χ1) is 10.1. The number of hydrogen-bond acceptors (Lipinski definition) is 3. The van der Waals surface area contributed by atoms with Gasteiger partial charge in [0.2, 0.25) is 0 Å². The average Bonchev–Trinajstić information content (AvgIpc) is 2.51. The standard InChI is InChI=1S/C18H23NOS/c1-13-8-9-17(10-14(13)2)21-12-18(19-3)15-6-5-7-16(11-15)20-4/h5-11,18-19H,12H2,1-4H3. The highest BCUT2D eigenvalue weighted by Gasteiger charge is 2.11. The number of rotatable bonds is 6. The van der Waals surface area contributed by atoms with E-state index in [0.29, 0.717) is 6.04 Å². The second-order valence-corrected chi connectivity index (χ2v) is 6.27. The largest absolute Gasteiger partial charge is 0.497 e. The second kappa shape index (κ2) is 7.53. The van der Waals surface area contributed by atoms with Gasteiger partial charge in [-0.05, 0) is 61.9 Å². The predicted octanol–water partition coefficient (Wildman–Crippen LogP) is 4.36. The van der Waals surface area contributed by atoms with Crippen molar-refractivity contribution in [2.24, 2.45) is 0 Å². The van der Waals surface area contributed by atoms with E-state index in [9.17, 15) is 0 Å². The fourth-order valence-corrected chi connectivity index (χ4v) is 3.33. The van der Waals surface area contributed by atoms with Crippen molar-refractivity contribution in [1.29, 1.82) is 0 Å². The lowest BCUT2D eigenvalue weighted by Gasteiger charge is -2.17. The van der Waals surface area contributed by atoms with Gasteiger partial charge in [0.05, 0.1) is 7.11 Å². The zero-order chi connectivity index (χ0) is 15.2. The molecule has 112 valence electrons. The van der Waals surface area contributed by atoms with Crippen LogP contribution in [0.4, 0.5) is 0 Å². The summed E-state index contributed by atoms with van der Waals surface area (Å²) in [4.78, 5) is 1.32. The third-order valence-electron chi connectivity index (χ3n) is 3.74. The van der Waals surface area contributed by atoms with Crippen molar-refractivity contribution >= 4 is 11.8 Å². The summed E-state index contributed by atoms with van der Waals surface area (Å²) in [6.07, 6.45) is 0. The van der Waals surface area contributed by atoms with Gasteiger partial charge in [-0.15, -0.1) is 11.8 Å². The highest BCUT2D eigenvalue weighted by atomic mass is 32.2. The Morgan fingerprint density at radius 1 is 1.10 bits per heavy atom. The summed E-state index contributed by atoms with van der Waals surface area (Å²) in [6, 6.07) is 15.2. The summed E-state index contributed by atoms with van der Waals surface area (Å²) in [5.74, 6) is 1.90. The number of hydrogen-bond donors (Lipinski definition) is 1. The topological polar surface area (TPSA) is 21.3 Å². The van der Waals surface area contributed by atoms with E-state index in [-0.39, 0.29) is 0 Å². The zero-order valence-electron chi connectivity index (χ0n) is 13.1. The molecule has 0 aliphatic rings. The zero-order valence-corrected chi connectivity index (χ0v) is 14.0. The van der Waals surface area contributed by atoms with Crippen molar-refractivity contribution in [3.8, 4) is 5.75 Å². The molecule has 0 aliphatic carbocycles. The first-order valence-electron chi connectivity index (χ1n) is 7.15. The smallest absolute Gasteiger partial charge is 0.119 e. The van der Waals surface area contributed by atoms with Crippen LogP contribution in [0, 0.1) is 13.8 Å². The Labute approximate surface area is 131 Å². The van der Waals surface area contributed by atoms with Crippen LogP contribution >= 0.6 is 11.8 Å². The maximum atomic E-state index is 5.31. The molecule has 0 amide bonds. The Balaban J connectivity index is 2.06. The molecular weight excluding hydrogens is 278 g/mol. The van der Waals surface area contributed by atoms with Crippen LogP contribution in [-0.4, -0.2) is 19.9 Å². The monoisotopic (exact) mass is 301 g/mol. The van der Waals surface area contributed by atoms with Crippen LogP contribution in [0.5, 0.6) is 5.75 Å². The van der Waals surface area contributed by atoms with Crippen molar-refractivity contribution < 1.29 is 4.74 Å². The molecular formula is C18H23NOS. The number of ether oxygens (including phenoxy) is 1. The van der Waals surface area contributed by atoms with Crippen LogP contribution in [0.15, 0.2) is 47.4 Å². The number of benzene rings is 2. The van der Waals surface area contributed by atoms with Crippen molar-refractivity contribution in [2.75, 3.05) is 19.9 Å². The fourth-order valence-electron chi connectivity index (χ4n) is 2.19. The first-order valence-corrected chi connectivity index (χ1v) is 8.14. The minimum Gasteiger partial charge on any atom is -0.497 e. The molecule has 1 atom stereocenters. The molecule has 2 aromatic rings. The maximum Gasteiger partial charge on any atom is 0.119 e. The Morgan fingerprint density at radius 3 is 2.57 bits per heavy atom.